The Morgan fingerprint density at radius 3 is 2.68 bits per heavy atom. The van der Waals surface area contributed by atoms with E-state index in [-0.39, 0.29) is 17.9 Å². The predicted molar refractivity (Wildman–Crippen MR) is 72.8 cm³/mol. The first-order valence-electron chi connectivity index (χ1n) is 6.67. The molecule has 4 nitrogen and oxygen atoms in total. The molecule has 1 aromatic rings. The number of nitrogens with zero attached hydrogens (tertiary/aromatic N) is 1. The highest BCUT2D eigenvalue weighted by Crippen LogP contribution is 2.21. The van der Waals surface area contributed by atoms with E-state index in [1.165, 1.54) is 0 Å². The average molecular weight is 263 g/mol. The van der Waals surface area contributed by atoms with Crippen LogP contribution < -0.4 is 0 Å². The topological polar surface area (TPSA) is 49.8 Å². The third-order valence-electron chi connectivity index (χ3n) is 3.71. The molecule has 1 aromatic carbocycles. The second-order valence-corrected chi connectivity index (χ2v) is 5.17. The molecule has 0 radical (unpaired) electrons. The van der Waals surface area contributed by atoms with Crippen LogP contribution in [0.25, 0.3) is 0 Å². The summed E-state index contributed by atoms with van der Waals surface area (Å²) in [7, 11) is 1.65. The summed E-state index contributed by atoms with van der Waals surface area (Å²) in [5.74, 6) is 0.254. The molecule has 0 bridgehead atoms. The molecule has 19 heavy (non-hydrogen) atoms. The number of carbonyl (C=O) groups excluding carboxylic acids is 1. The van der Waals surface area contributed by atoms with Crippen LogP contribution in [0.15, 0.2) is 24.3 Å². The Bertz CT molecular complexity index is 428. The zero-order valence-electron chi connectivity index (χ0n) is 11.5. The SMILES string of the molecule is COCc1ccc(C(=O)N2CCC(C(C)O)C2)cc1. The van der Waals surface area contributed by atoms with Gasteiger partial charge in [0.1, 0.15) is 0 Å². The highest BCUT2D eigenvalue weighted by atomic mass is 16.5. The van der Waals surface area contributed by atoms with Crippen LogP contribution in [0.3, 0.4) is 0 Å². The summed E-state index contributed by atoms with van der Waals surface area (Å²) in [6.07, 6.45) is 0.535. The van der Waals surface area contributed by atoms with E-state index in [2.05, 4.69) is 0 Å². The standard InChI is InChI=1S/C15H21NO3/c1-11(17)14-7-8-16(9-14)15(18)13-5-3-12(4-6-13)10-19-2/h3-6,11,14,17H,7-10H2,1-2H3. The minimum atomic E-state index is -0.345. The van der Waals surface area contributed by atoms with Crippen molar-refractivity contribution in [1.82, 2.24) is 4.90 Å². The number of amides is 1. The lowest BCUT2D eigenvalue weighted by molar-refractivity contribution is 0.0762. The van der Waals surface area contributed by atoms with E-state index >= 15 is 0 Å². The number of rotatable bonds is 4. The lowest BCUT2D eigenvalue weighted by Crippen LogP contribution is -2.30. The molecule has 4 heteroatoms. The molecule has 2 unspecified atom stereocenters. The molecule has 1 amide bonds. The summed E-state index contributed by atoms with van der Waals surface area (Å²) >= 11 is 0. The van der Waals surface area contributed by atoms with Crippen molar-refractivity contribution in [1.29, 1.82) is 0 Å². The van der Waals surface area contributed by atoms with Crippen molar-refractivity contribution >= 4 is 5.91 Å². The number of carbonyl (C=O) groups is 1. The summed E-state index contributed by atoms with van der Waals surface area (Å²) in [5, 5.41) is 9.57. The van der Waals surface area contributed by atoms with Gasteiger partial charge < -0.3 is 14.7 Å². The van der Waals surface area contributed by atoms with Crippen LogP contribution in [0.5, 0.6) is 0 Å². The minimum absolute atomic E-state index is 0.0483. The maximum atomic E-state index is 12.3. The van der Waals surface area contributed by atoms with Gasteiger partial charge in [0.05, 0.1) is 12.7 Å². The van der Waals surface area contributed by atoms with Crippen LogP contribution in [0.4, 0.5) is 0 Å². The fourth-order valence-electron chi connectivity index (χ4n) is 2.46. The van der Waals surface area contributed by atoms with Crippen molar-refractivity contribution in [3.8, 4) is 0 Å². The van der Waals surface area contributed by atoms with Gasteiger partial charge in [0.25, 0.3) is 5.91 Å². The van der Waals surface area contributed by atoms with Crippen molar-refractivity contribution in [3.05, 3.63) is 35.4 Å². The highest BCUT2D eigenvalue weighted by Gasteiger charge is 2.29. The largest absolute Gasteiger partial charge is 0.393 e. The van der Waals surface area contributed by atoms with Gasteiger partial charge in [-0.05, 0) is 31.0 Å². The first-order valence-corrected chi connectivity index (χ1v) is 6.67. The van der Waals surface area contributed by atoms with Crippen LogP contribution in [0.1, 0.15) is 29.3 Å². The molecular weight excluding hydrogens is 242 g/mol. The molecule has 0 saturated carbocycles. The fraction of sp³-hybridized carbons (Fsp3) is 0.533. The van der Waals surface area contributed by atoms with Gasteiger partial charge in [0.2, 0.25) is 0 Å². The van der Waals surface area contributed by atoms with Crippen molar-refractivity contribution in [2.75, 3.05) is 20.2 Å². The van der Waals surface area contributed by atoms with Crippen molar-refractivity contribution < 1.29 is 14.6 Å². The van der Waals surface area contributed by atoms with E-state index in [4.69, 9.17) is 4.74 Å². The summed E-state index contributed by atoms with van der Waals surface area (Å²) in [4.78, 5) is 14.1. The number of hydrogen-bond donors (Lipinski definition) is 1. The normalized spacial score (nSPS) is 20.6. The smallest absolute Gasteiger partial charge is 0.253 e. The van der Waals surface area contributed by atoms with Gasteiger partial charge in [-0.2, -0.15) is 0 Å². The van der Waals surface area contributed by atoms with Gasteiger partial charge in [-0.25, -0.2) is 0 Å². The molecule has 0 aliphatic carbocycles. The first kappa shape index (κ1) is 14.0. The van der Waals surface area contributed by atoms with E-state index in [0.29, 0.717) is 18.7 Å². The second kappa shape index (κ2) is 6.17. The molecule has 1 saturated heterocycles. The number of likely N-dealkylation sites (tertiary alicyclic amines) is 1. The summed E-state index contributed by atoms with van der Waals surface area (Å²) < 4.78 is 5.05. The molecule has 104 valence electrons. The number of aliphatic hydroxyl groups excluding tert-OH is 1. The third kappa shape index (κ3) is 3.33. The zero-order chi connectivity index (χ0) is 13.8. The third-order valence-corrected chi connectivity index (χ3v) is 3.71. The molecular formula is C15H21NO3. The molecule has 1 heterocycles. The van der Waals surface area contributed by atoms with E-state index in [9.17, 15) is 9.90 Å². The van der Waals surface area contributed by atoms with Gasteiger partial charge in [-0.15, -0.1) is 0 Å². The first-order chi connectivity index (χ1) is 9.11. The molecule has 1 aliphatic rings. The van der Waals surface area contributed by atoms with Crippen LogP contribution in [-0.4, -0.2) is 42.2 Å². The van der Waals surface area contributed by atoms with Crippen LogP contribution in [-0.2, 0) is 11.3 Å². The molecule has 2 atom stereocenters. The maximum Gasteiger partial charge on any atom is 0.253 e. The Balaban J connectivity index is 2.00. The fourth-order valence-corrected chi connectivity index (χ4v) is 2.46. The predicted octanol–water partition coefficient (Wildman–Crippen LogP) is 1.68. The number of benzene rings is 1. The molecule has 1 N–H and O–H groups in total. The molecule has 1 aliphatic heterocycles. The number of hydrogen-bond acceptors (Lipinski definition) is 3. The van der Waals surface area contributed by atoms with Crippen LogP contribution >= 0.6 is 0 Å². The number of ether oxygens (including phenoxy) is 1. The summed E-state index contributed by atoms with van der Waals surface area (Å²) in [5.41, 5.74) is 1.76. The van der Waals surface area contributed by atoms with Gasteiger partial charge in [0.15, 0.2) is 0 Å². The zero-order valence-corrected chi connectivity index (χ0v) is 11.5. The Hall–Kier alpha value is -1.39. The van der Waals surface area contributed by atoms with E-state index < -0.39 is 0 Å². The average Bonchev–Trinajstić information content (AvgIpc) is 2.89. The summed E-state index contributed by atoms with van der Waals surface area (Å²) in [6, 6.07) is 7.51. The Morgan fingerprint density at radius 2 is 2.16 bits per heavy atom. The Kier molecular flexibility index (Phi) is 4.56. The maximum absolute atomic E-state index is 12.3. The van der Waals surface area contributed by atoms with Crippen molar-refractivity contribution in [2.24, 2.45) is 5.92 Å². The van der Waals surface area contributed by atoms with Crippen molar-refractivity contribution in [2.45, 2.75) is 26.1 Å². The van der Waals surface area contributed by atoms with E-state index in [1.54, 1.807) is 14.0 Å². The molecule has 1 fully saturated rings. The second-order valence-electron chi connectivity index (χ2n) is 5.17. The monoisotopic (exact) mass is 263 g/mol. The van der Waals surface area contributed by atoms with Crippen molar-refractivity contribution in [3.63, 3.8) is 0 Å². The van der Waals surface area contributed by atoms with Gasteiger partial charge in [0, 0.05) is 31.7 Å². The highest BCUT2D eigenvalue weighted by molar-refractivity contribution is 5.94. The van der Waals surface area contributed by atoms with Gasteiger partial charge >= 0.3 is 0 Å². The number of methoxy groups -OCH3 is 1. The lowest BCUT2D eigenvalue weighted by Gasteiger charge is -2.18. The molecule has 0 aromatic heterocycles. The quantitative estimate of drug-likeness (QED) is 0.899. The van der Waals surface area contributed by atoms with E-state index in [0.717, 1.165) is 18.5 Å². The molecule has 0 spiro atoms. The lowest BCUT2D eigenvalue weighted by atomic mass is 10.0. The van der Waals surface area contributed by atoms with Gasteiger partial charge in [-0.3, -0.25) is 4.79 Å². The van der Waals surface area contributed by atoms with E-state index in [1.807, 2.05) is 29.2 Å². The minimum Gasteiger partial charge on any atom is -0.393 e. The Labute approximate surface area is 114 Å². The van der Waals surface area contributed by atoms with Crippen LogP contribution in [0, 0.1) is 5.92 Å². The van der Waals surface area contributed by atoms with Gasteiger partial charge in [-0.1, -0.05) is 12.1 Å². The summed E-state index contributed by atoms with van der Waals surface area (Å²) in [6.45, 7) is 3.73. The number of aliphatic hydroxyl groups is 1. The van der Waals surface area contributed by atoms with Crippen LogP contribution in [0.2, 0.25) is 0 Å². The molecule has 2 rings (SSSR count). The Morgan fingerprint density at radius 1 is 1.47 bits per heavy atom.